The lowest BCUT2D eigenvalue weighted by atomic mass is 10.1. The summed E-state index contributed by atoms with van der Waals surface area (Å²) in [5.41, 5.74) is 1.13. The van der Waals surface area contributed by atoms with Gasteiger partial charge in [0.25, 0.3) is 0 Å². The molecule has 1 unspecified atom stereocenters. The van der Waals surface area contributed by atoms with E-state index in [2.05, 4.69) is 10.2 Å². The molecule has 0 radical (unpaired) electrons. The lowest BCUT2D eigenvalue weighted by Gasteiger charge is -2.33. The summed E-state index contributed by atoms with van der Waals surface area (Å²) in [7, 11) is 0.295. The quantitative estimate of drug-likeness (QED) is 0.664. The molecule has 1 aliphatic rings. The predicted octanol–water partition coefficient (Wildman–Crippen LogP) is 1.55. The molecule has 0 aliphatic carbocycles. The number of amides is 1. The molecule has 168 valence electrons. The third-order valence-electron chi connectivity index (χ3n) is 5.45. The Balaban J connectivity index is 1.49. The fraction of sp³-hybridized carbons (Fsp3) is 0.409. The van der Waals surface area contributed by atoms with Gasteiger partial charge in [0.2, 0.25) is 15.9 Å². The Morgan fingerprint density at radius 3 is 2.23 bits per heavy atom. The zero-order chi connectivity index (χ0) is 22.4. The van der Waals surface area contributed by atoms with Crippen LogP contribution in [0.25, 0.3) is 0 Å². The Labute approximate surface area is 183 Å². The minimum absolute atomic E-state index is 0.0721. The molecule has 0 spiro atoms. The number of benzene rings is 2. The van der Waals surface area contributed by atoms with Gasteiger partial charge in [0, 0.05) is 32.7 Å². The molecule has 9 heteroatoms. The number of carbonyl (C=O) groups excluding carboxylic acids is 1. The average molecular weight is 449 g/mol. The largest absolute Gasteiger partial charge is 0.353 e. The monoisotopic (exact) mass is 448 g/mol. The van der Waals surface area contributed by atoms with Gasteiger partial charge in [0.1, 0.15) is 5.82 Å². The van der Waals surface area contributed by atoms with Gasteiger partial charge in [-0.15, -0.1) is 0 Å². The topological polar surface area (TPSA) is 73.0 Å². The summed E-state index contributed by atoms with van der Waals surface area (Å²) < 4.78 is 39.9. The molecule has 1 amide bonds. The normalized spacial score (nSPS) is 16.9. The molecule has 1 fully saturated rings. The molecule has 1 atom stereocenters. The van der Waals surface area contributed by atoms with Gasteiger partial charge in [0.05, 0.1) is 17.5 Å². The standard InChI is InChI=1S/C22H29FN4O3S/c1-25(2)21(18-6-4-3-5-7-18)16-24-22(28)17-26-12-14-27(15-13-26)31(29,30)20-10-8-19(23)9-11-20/h3-11,21H,12-17H2,1-2H3,(H,24,28). The van der Waals surface area contributed by atoms with Crippen molar-refractivity contribution in [2.24, 2.45) is 0 Å². The molecule has 1 heterocycles. The minimum atomic E-state index is -3.66. The number of hydrogen-bond acceptors (Lipinski definition) is 5. The maximum absolute atomic E-state index is 13.1. The van der Waals surface area contributed by atoms with Crippen molar-refractivity contribution in [1.29, 1.82) is 0 Å². The number of nitrogens with zero attached hydrogens (tertiary/aromatic N) is 3. The first-order valence-corrected chi connectivity index (χ1v) is 11.7. The van der Waals surface area contributed by atoms with E-state index in [-0.39, 0.29) is 36.5 Å². The van der Waals surface area contributed by atoms with Gasteiger partial charge in [0.15, 0.2) is 0 Å². The first-order chi connectivity index (χ1) is 14.8. The van der Waals surface area contributed by atoms with Crippen LogP contribution in [0.4, 0.5) is 4.39 Å². The van der Waals surface area contributed by atoms with Crippen molar-refractivity contribution in [3.63, 3.8) is 0 Å². The molecule has 1 aliphatic heterocycles. The summed E-state index contributed by atoms with van der Waals surface area (Å²) >= 11 is 0. The van der Waals surface area contributed by atoms with Crippen molar-refractivity contribution in [3.05, 3.63) is 66.0 Å². The molecule has 0 bridgehead atoms. The highest BCUT2D eigenvalue weighted by molar-refractivity contribution is 7.89. The SMILES string of the molecule is CN(C)C(CNC(=O)CN1CCN(S(=O)(=O)c2ccc(F)cc2)CC1)c1ccccc1. The Bertz CT molecular complexity index is 960. The molecular weight excluding hydrogens is 419 g/mol. The molecule has 2 aromatic carbocycles. The Hall–Kier alpha value is -2.33. The average Bonchev–Trinajstić information content (AvgIpc) is 2.75. The van der Waals surface area contributed by atoms with Crippen molar-refractivity contribution in [3.8, 4) is 0 Å². The smallest absolute Gasteiger partial charge is 0.243 e. The van der Waals surface area contributed by atoms with Crippen LogP contribution in [0.15, 0.2) is 59.5 Å². The number of nitrogens with one attached hydrogen (secondary N) is 1. The Kier molecular flexibility index (Phi) is 7.77. The number of hydrogen-bond donors (Lipinski definition) is 1. The van der Waals surface area contributed by atoms with Crippen LogP contribution in [0.5, 0.6) is 0 Å². The van der Waals surface area contributed by atoms with E-state index in [0.29, 0.717) is 19.6 Å². The van der Waals surface area contributed by atoms with Gasteiger partial charge in [-0.2, -0.15) is 4.31 Å². The third-order valence-corrected chi connectivity index (χ3v) is 7.36. The number of halogens is 1. The van der Waals surface area contributed by atoms with E-state index in [1.165, 1.54) is 16.4 Å². The van der Waals surface area contributed by atoms with E-state index in [1.807, 2.05) is 49.3 Å². The van der Waals surface area contributed by atoms with E-state index in [4.69, 9.17) is 0 Å². The molecule has 31 heavy (non-hydrogen) atoms. The maximum atomic E-state index is 13.1. The van der Waals surface area contributed by atoms with Crippen molar-refractivity contribution >= 4 is 15.9 Å². The fourth-order valence-corrected chi connectivity index (χ4v) is 5.05. The lowest BCUT2D eigenvalue weighted by Crippen LogP contribution is -2.51. The minimum Gasteiger partial charge on any atom is -0.353 e. The zero-order valence-corrected chi connectivity index (χ0v) is 18.7. The highest BCUT2D eigenvalue weighted by Gasteiger charge is 2.29. The van der Waals surface area contributed by atoms with E-state index in [0.717, 1.165) is 17.7 Å². The lowest BCUT2D eigenvalue weighted by molar-refractivity contribution is -0.122. The number of likely N-dealkylation sites (N-methyl/N-ethyl adjacent to an activating group) is 1. The number of piperazine rings is 1. The molecule has 2 aromatic rings. The van der Waals surface area contributed by atoms with Gasteiger partial charge in [-0.05, 0) is 43.9 Å². The summed E-state index contributed by atoms with van der Waals surface area (Å²) in [5.74, 6) is -0.559. The number of rotatable bonds is 8. The van der Waals surface area contributed by atoms with Crippen LogP contribution >= 0.6 is 0 Å². The van der Waals surface area contributed by atoms with E-state index < -0.39 is 15.8 Å². The molecule has 1 N–H and O–H groups in total. The van der Waals surface area contributed by atoms with Gasteiger partial charge >= 0.3 is 0 Å². The molecule has 3 rings (SSSR count). The molecular formula is C22H29FN4O3S. The third kappa shape index (κ3) is 6.10. The second-order valence-corrected chi connectivity index (χ2v) is 9.77. The Morgan fingerprint density at radius 2 is 1.65 bits per heavy atom. The summed E-state index contributed by atoms with van der Waals surface area (Å²) in [6.45, 7) is 2.22. The van der Waals surface area contributed by atoms with Crippen LogP contribution in [0, 0.1) is 5.82 Å². The van der Waals surface area contributed by atoms with Crippen LogP contribution in [0.2, 0.25) is 0 Å². The second kappa shape index (κ2) is 10.3. The summed E-state index contributed by atoms with van der Waals surface area (Å²) in [5, 5.41) is 2.99. The van der Waals surface area contributed by atoms with Crippen LogP contribution < -0.4 is 5.32 Å². The zero-order valence-electron chi connectivity index (χ0n) is 17.9. The van der Waals surface area contributed by atoms with Crippen molar-refractivity contribution in [1.82, 2.24) is 19.4 Å². The highest BCUT2D eigenvalue weighted by atomic mass is 32.2. The maximum Gasteiger partial charge on any atom is 0.243 e. The molecule has 7 nitrogen and oxygen atoms in total. The summed E-state index contributed by atoms with van der Waals surface area (Å²) in [4.78, 5) is 16.6. The highest BCUT2D eigenvalue weighted by Crippen LogP contribution is 2.18. The van der Waals surface area contributed by atoms with Crippen LogP contribution in [-0.2, 0) is 14.8 Å². The van der Waals surface area contributed by atoms with Gasteiger partial charge in [-0.3, -0.25) is 9.69 Å². The first-order valence-electron chi connectivity index (χ1n) is 10.2. The van der Waals surface area contributed by atoms with Crippen LogP contribution in [0.1, 0.15) is 11.6 Å². The first kappa shape index (κ1) is 23.3. The Morgan fingerprint density at radius 1 is 1.03 bits per heavy atom. The second-order valence-electron chi connectivity index (χ2n) is 7.83. The van der Waals surface area contributed by atoms with Gasteiger partial charge in [-0.25, -0.2) is 12.8 Å². The van der Waals surface area contributed by atoms with Crippen LogP contribution in [0.3, 0.4) is 0 Å². The van der Waals surface area contributed by atoms with E-state index in [9.17, 15) is 17.6 Å². The van der Waals surface area contributed by atoms with Gasteiger partial charge in [-0.1, -0.05) is 30.3 Å². The molecule has 0 aromatic heterocycles. The van der Waals surface area contributed by atoms with Gasteiger partial charge < -0.3 is 10.2 Å². The van der Waals surface area contributed by atoms with E-state index in [1.54, 1.807) is 0 Å². The molecule has 1 saturated heterocycles. The van der Waals surface area contributed by atoms with Crippen molar-refractivity contribution < 1.29 is 17.6 Å². The van der Waals surface area contributed by atoms with E-state index >= 15 is 0 Å². The van der Waals surface area contributed by atoms with Crippen molar-refractivity contribution in [2.75, 3.05) is 53.4 Å². The summed E-state index contributed by atoms with van der Waals surface area (Å²) in [6, 6.07) is 14.9. The molecule has 0 saturated carbocycles. The predicted molar refractivity (Wildman–Crippen MR) is 117 cm³/mol. The van der Waals surface area contributed by atoms with Crippen LogP contribution in [-0.4, -0.2) is 81.8 Å². The number of carbonyl (C=O) groups is 1. The fourth-order valence-electron chi connectivity index (χ4n) is 3.63. The van der Waals surface area contributed by atoms with Crippen molar-refractivity contribution in [2.45, 2.75) is 10.9 Å². The number of sulfonamides is 1. The summed E-state index contributed by atoms with van der Waals surface area (Å²) in [6.07, 6.45) is 0.